The second kappa shape index (κ2) is 15.2. The Morgan fingerprint density at radius 3 is 2.00 bits per heavy atom. The lowest BCUT2D eigenvalue weighted by molar-refractivity contribution is -0.138. The molecule has 8 nitrogen and oxygen atoms in total. The maximum absolute atomic E-state index is 12.2. The molecule has 0 spiro atoms. The minimum atomic E-state index is -0.867. The molecular weight excluding hydrogens is 388 g/mol. The van der Waals surface area contributed by atoms with Crippen LogP contribution in [-0.2, 0) is 14.4 Å². The molecule has 0 bridgehead atoms. The first-order chi connectivity index (χ1) is 14.4. The number of hydrogen-bond acceptors (Lipinski definition) is 5. The Labute approximate surface area is 178 Å². The molecule has 168 valence electrons. The van der Waals surface area contributed by atoms with Gasteiger partial charge in [-0.2, -0.15) is 0 Å². The summed E-state index contributed by atoms with van der Waals surface area (Å²) >= 11 is 0. The van der Waals surface area contributed by atoms with Crippen LogP contribution in [-0.4, -0.2) is 39.6 Å². The predicted octanol–water partition coefficient (Wildman–Crippen LogP) is 4.56. The molecule has 0 aliphatic carbocycles. The van der Waals surface area contributed by atoms with Crippen molar-refractivity contribution in [1.29, 1.82) is 0 Å². The van der Waals surface area contributed by atoms with Crippen molar-refractivity contribution < 1.29 is 29.3 Å². The molecule has 0 saturated heterocycles. The van der Waals surface area contributed by atoms with Gasteiger partial charge in [0.25, 0.3) is 0 Å². The van der Waals surface area contributed by atoms with Gasteiger partial charge >= 0.3 is 11.9 Å². The lowest BCUT2D eigenvalue weighted by atomic mass is 10.1. The number of pyridine rings is 1. The van der Waals surface area contributed by atoms with Crippen LogP contribution < -0.4 is 10.1 Å². The molecule has 0 aliphatic heterocycles. The smallest absolute Gasteiger partial charge is 0.303 e. The van der Waals surface area contributed by atoms with Crippen molar-refractivity contribution >= 4 is 23.7 Å². The number of carboxylic acids is 2. The van der Waals surface area contributed by atoms with Crippen molar-refractivity contribution in [3.05, 3.63) is 17.8 Å². The first-order valence-electron chi connectivity index (χ1n) is 10.7. The van der Waals surface area contributed by atoms with Gasteiger partial charge in [0.1, 0.15) is 0 Å². The molecule has 1 amide bonds. The van der Waals surface area contributed by atoms with Gasteiger partial charge < -0.3 is 20.3 Å². The first-order valence-corrected chi connectivity index (χ1v) is 10.7. The molecule has 1 aromatic rings. The number of aryl methyl sites for hydroxylation is 1. The van der Waals surface area contributed by atoms with Crippen molar-refractivity contribution in [2.24, 2.45) is 0 Å². The minimum absolute atomic E-state index is 0.0311. The van der Waals surface area contributed by atoms with Crippen LogP contribution in [0.15, 0.2) is 12.3 Å². The molecule has 0 fully saturated rings. The van der Waals surface area contributed by atoms with Crippen LogP contribution in [0.1, 0.15) is 82.6 Å². The monoisotopic (exact) mass is 422 g/mol. The Hall–Kier alpha value is -2.64. The zero-order valence-corrected chi connectivity index (χ0v) is 17.8. The van der Waals surface area contributed by atoms with Crippen LogP contribution >= 0.6 is 0 Å². The van der Waals surface area contributed by atoms with Crippen LogP contribution in [0.2, 0.25) is 0 Å². The van der Waals surface area contributed by atoms with Crippen molar-refractivity contribution in [3.63, 3.8) is 0 Å². The zero-order chi connectivity index (χ0) is 22.2. The number of amides is 1. The van der Waals surface area contributed by atoms with Gasteiger partial charge in [0.2, 0.25) is 5.91 Å². The number of hydrogen-bond donors (Lipinski definition) is 3. The van der Waals surface area contributed by atoms with Gasteiger partial charge in [-0.1, -0.05) is 38.5 Å². The summed E-state index contributed by atoms with van der Waals surface area (Å²) in [5.41, 5.74) is 0.832. The molecule has 8 heteroatoms. The number of aromatic nitrogens is 1. The van der Waals surface area contributed by atoms with Gasteiger partial charge in [-0.15, -0.1) is 0 Å². The van der Waals surface area contributed by atoms with Crippen molar-refractivity contribution in [1.82, 2.24) is 4.98 Å². The summed E-state index contributed by atoms with van der Waals surface area (Å²) in [4.78, 5) is 37.4. The fraction of sp³-hybridized carbons (Fsp3) is 0.636. The van der Waals surface area contributed by atoms with Gasteiger partial charge in [-0.3, -0.25) is 14.4 Å². The summed E-state index contributed by atoms with van der Waals surface area (Å²) in [6.45, 7) is 2.10. The van der Waals surface area contributed by atoms with Gasteiger partial charge in [-0.25, -0.2) is 4.98 Å². The third kappa shape index (κ3) is 12.0. The Kier molecular flexibility index (Phi) is 12.9. The molecule has 30 heavy (non-hydrogen) atoms. The largest absolute Gasteiger partial charge is 0.489 e. The molecule has 0 saturated carbocycles. The molecule has 1 aromatic heterocycles. The number of ether oxygens (including phenoxy) is 1. The number of carboxylic acid groups (broad SMARTS) is 2. The molecule has 0 atom stereocenters. The molecule has 1 rings (SSSR count). The fourth-order valence-electron chi connectivity index (χ4n) is 3.03. The average Bonchev–Trinajstić information content (AvgIpc) is 2.68. The average molecular weight is 423 g/mol. The normalized spacial score (nSPS) is 10.6. The van der Waals surface area contributed by atoms with E-state index in [4.69, 9.17) is 14.9 Å². The van der Waals surface area contributed by atoms with Gasteiger partial charge in [0.15, 0.2) is 11.6 Å². The summed E-state index contributed by atoms with van der Waals surface area (Å²) in [7, 11) is 0. The zero-order valence-electron chi connectivity index (χ0n) is 17.8. The number of aliphatic carboxylic acids is 2. The SMILES string of the molecule is Cc1ccnc(NC(=O)CCCCCCCCCCC(=O)O)c1OCCCC(=O)O. The number of nitrogens with one attached hydrogen (secondary N) is 1. The van der Waals surface area contributed by atoms with Crippen LogP contribution in [0.4, 0.5) is 5.82 Å². The number of carbonyl (C=O) groups excluding carboxylic acids is 1. The summed E-state index contributed by atoms with van der Waals surface area (Å²) in [6.07, 6.45) is 10.5. The molecule has 0 unspecified atom stereocenters. The van der Waals surface area contributed by atoms with E-state index in [0.29, 0.717) is 24.4 Å². The van der Waals surface area contributed by atoms with E-state index >= 15 is 0 Å². The number of carbonyl (C=O) groups is 3. The van der Waals surface area contributed by atoms with E-state index in [1.807, 2.05) is 6.92 Å². The predicted molar refractivity (Wildman–Crippen MR) is 114 cm³/mol. The number of nitrogens with zero attached hydrogens (tertiary/aromatic N) is 1. The highest BCUT2D eigenvalue weighted by Gasteiger charge is 2.12. The Morgan fingerprint density at radius 2 is 1.40 bits per heavy atom. The highest BCUT2D eigenvalue weighted by Crippen LogP contribution is 2.26. The number of rotatable bonds is 17. The second-order valence-corrected chi connectivity index (χ2v) is 7.42. The second-order valence-electron chi connectivity index (χ2n) is 7.42. The quantitative estimate of drug-likeness (QED) is 0.314. The molecule has 1 heterocycles. The third-order valence-corrected chi connectivity index (χ3v) is 4.69. The van der Waals surface area contributed by atoms with Crippen molar-refractivity contribution in [2.75, 3.05) is 11.9 Å². The molecular formula is C22H34N2O6. The van der Waals surface area contributed by atoms with Crippen molar-refractivity contribution in [2.45, 2.75) is 84.0 Å². The van der Waals surface area contributed by atoms with Gasteiger partial charge in [0.05, 0.1) is 6.61 Å². The van der Waals surface area contributed by atoms with Gasteiger partial charge in [0, 0.05) is 25.5 Å². The van der Waals surface area contributed by atoms with Crippen LogP contribution in [0.25, 0.3) is 0 Å². The van der Waals surface area contributed by atoms with E-state index in [9.17, 15) is 14.4 Å². The number of anilines is 1. The maximum Gasteiger partial charge on any atom is 0.303 e. The molecule has 3 N–H and O–H groups in total. The molecule has 0 radical (unpaired) electrons. The Bertz CT molecular complexity index is 678. The highest BCUT2D eigenvalue weighted by atomic mass is 16.5. The van der Waals surface area contributed by atoms with E-state index in [-0.39, 0.29) is 25.4 Å². The Balaban J connectivity index is 2.22. The molecule has 0 aromatic carbocycles. The van der Waals surface area contributed by atoms with Crippen LogP contribution in [0.3, 0.4) is 0 Å². The standard InChI is InChI=1S/C22H34N2O6/c1-17-14-15-23-22(21(17)30-16-10-13-20(28)29)24-18(25)11-8-6-4-2-3-5-7-9-12-19(26)27/h14-15H,2-13,16H2,1H3,(H,26,27)(H,28,29)(H,23,24,25). The van der Waals surface area contributed by atoms with Crippen LogP contribution in [0.5, 0.6) is 5.75 Å². The van der Waals surface area contributed by atoms with Gasteiger partial charge in [-0.05, 0) is 37.8 Å². The third-order valence-electron chi connectivity index (χ3n) is 4.69. The van der Waals surface area contributed by atoms with Crippen molar-refractivity contribution in [3.8, 4) is 5.75 Å². The lowest BCUT2D eigenvalue weighted by Crippen LogP contribution is -2.14. The van der Waals surface area contributed by atoms with E-state index in [2.05, 4.69) is 10.3 Å². The summed E-state index contributed by atoms with van der Waals surface area (Å²) < 4.78 is 5.66. The Morgan fingerprint density at radius 1 is 0.867 bits per heavy atom. The van der Waals surface area contributed by atoms with E-state index in [0.717, 1.165) is 56.9 Å². The summed E-state index contributed by atoms with van der Waals surface area (Å²) in [5.74, 6) is -0.854. The highest BCUT2D eigenvalue weighted by molar-refractivity contribution is 5.91. The number of unbranched alkanes of at least 4 members (excludes halogenated alkanes) is 7. The summed E-state index contributed by atoms with van der Waals surface area (Å²) in [5, 5.41) is 20.1. The summed E-state index contributed by atoms with van der Waals surface area (Å²) in [6, 6.07) is 1.78. The topological polar surface area (TPSA) is 126 Å². The molecule has 0 aliphatic rings. The first kappa shape index (κ1) is 25.4. The van der Waals surface area contributed by atoms with E-state index in [1.165, 1.54) is 0 Å². The lowest BCUT2D eigenvalue weighted by Gasteiger charge is -2.13. The maximum atomic E-state index is 12.2. The van der Waals surface area contributed by atoms with E-state index in [1.54, 1.807) is 12.3 Å². The van der Waals surface area contributed by atoms with Crippen LogP contribution in [0, 0.1) is 6.92 Å². The van der Waals surface area contributed by atoms with E-state index < -0.39 is 11.9 Å². The minimum Gasteiger partial charge on any atom is -0.489 e. The fourth-order valence-corrected chi connectivity index (χ4v) is 3.03.